The quantitative estimate of drug-likeness (QED) is 0.872. The Labute approximate surface area is 136 Å². The third-order valence-corrected chi connectivity index (χ3v) is 4.10. The van der Waals surface area contributed by atoms with Crippen LogP contribution in [0.4, 0.5) is 9.18 Å². The van der Waals surface area contributed by atoms with Gasteiger partial charge in [-0.2, -0.15) is 0 Å². The highest BCUT2D eigenvalue weighted by Gasteiger charge is 2.40. The maximum Gasteiger partial charge on any atom is 0.317 e. The molecule has 0 bridgehead atoms. The van der Waals surface area contributed by atoms with E-state index in [0.717, 1.165) is 12.0 Å². The monoisotopic (exact) mass is 321 g/mol. The SMILES string of the molecule is CCCNC(=O)[C@@H]1CN(C(=O)NCC)C[C@H]1c1cccc(F)c1. The molecule has 1 saturated heterocycles. The molecular formula is C17H24FN3O2. The summed E-state index contributed by atoms with van der Waals surface area (Å²) < 4.78 is 13.5. The number of nitrogens with zero attached hydrogens (tertiary/aromatic N) is 1. The Morgan fingerprint density at radius 2 is 2.04 bits per heavy atom. The van der Waals surface area contributed by atoms with E-state index in [2.05, 4.69) is 10.6 Å². The Morgan fingerprint density at radius 3 is 2.70 bits per heavy atom. The number of rotatable bonds is 5. The molecule has 2 rings (SSSR count). The molecule has 0 saturated carbocycles. The van der Waals surface area contributed by atoms with Crippen LogP contribution in [0.3, 0.4) is 0 Å². The molecule has 0 spiro atoms. The lowest BCUT2D eigenvalue weighted by Gasteiger charge is -2.18. The zero-order chi connectivity index (χ0) is 16.8. The second-order valence-corrected chi connectivity index (χ2v) is 5.80. The molecular weight excluding hydrogens is 297 g/mol. The van der Waals surface area contributed by atoms with E-state index in [1.165, 1.54) is 12.1 Å². The van der Waals surface area contributed by atoms with Crippen molar-refractivity contribution >= 4 is 11.9 Å². The minimum atomic E-state index is -0.356. The van der Waals surface area contributed by atoms with Crippen LogP contribution in [0.1, 0.15) is 31.7 Å². The van der Waals surface area contributed by atoms with Crippen LogP contribution < -0.4 is 10.6 Å². The summed E-state index contributed by atoms with van der Waals surface area (Å²) in [6.45, 7) is 5.74. The summed E-state index contributed by atoms with van der Waals surface area (Å²) >= 11 is 0. The van der Waals surface area contributed by atoms with Crippen LogP contribution in [0, 0.1) is 11.7 Å². The van der Waals surface area contributed by atoms with Crippen LogP contribution in [-0.2, 0) is 4.79 Å². The summed E-state index contributed by atoms with van der Waals surface area (Å²) in [7, 11) is 0. The van der Waals surface area contributed by atoms with Crippen molar-refractivity contribution < 1.29 is 14.0 Å². The molecule has 1 aliphatic rings. The number of hydrogen-bond donors (Lipinski definition) is 2. The fourth-order valence-electron chi connectivity index (χ4n) is 2.95. The second kappa shape index (κ2) is 7.94. The first-order chi connectivity index (χ1) is 11.1. The molecule has 23 heavy (non-hydrogen) atoms. The van der Waals surface area contributed by atoms with Crippen molar-refractivity contribution in [2.45, 2.75) is 26.2 Å². The van der Waals surface area contributed by atoms with Crippen LogP contribution in [0.15, 0.2) is 24.3 Å². The van der Waals surface area contributed by atoms with Gasteiger partial charge < -0.3 is 15.5 Å². The minimum Gasteiger partial charge on any atom is -0.356 e. The van der Waals surface area contributed by atoms with Crippen LogP contribution >= 0.6 is 0 Å². The van der Waals surface area contributed by atoms with E-state index in [1.807, 2.05) is 19.9 Å². The van der Waals surface area contributed by atoms with E-state index >= 15 is 0 Å². The Kier molecular flexibility index (Phi) is 5.96. The summed E-state index contributed by atoms with van der Waals surface area (Å²) in [6.07, 6.45) is 0.850. The summed E-state index contributed by atoms with van der Waals surface area (Å²) in [5.74, 6) is -0.948. The van der Waals surface area contributed by atoms with E-state index in [-0.39, 0.29) is 29.6 Å². The number of carbonyl (C=O) groups excluding carboxylic acids is 2. The van der Waals surface area contributed by atoms with Gasteiger partial charge in [0, 0.05) is 32.1 Å². The number of likely N-dealkylation sites (tertiary alicyclic amines) is 1. The highest BCUT2D eigenvalue weighted by Crippen LogP contribution is 2.33. The maximum absolute atomic E-state index is 13.5. The molecule has 1 fully saturated rings. The number of amides is 3. The fraction of sp³-hybridized carbons (Fsp3) is 0.529. The van der Waals surface area contributed by atoms with Crippen LogP contribution in [-0.4, -0.2) is 43.0 Å². The van der Waals surface area contributed by atoms with E-state index in [0.29, 0.717) is 26.2 Å². The third-order valence-electron chi connectivity index (χ3n) is 4.10. The lowest BCUT2D eigenvalue weighted by atomic mass is 9.88. The zero-order valence-corrected chi connectivity index (χ0v) is 13.6. The zero-order valence-electron chi connectivity index (χ0n) is 13.6. The first kappa shape index (κ1) is 17.2. The Morgan fingerprint density at radius 1 is 1.26 bits per heavy atom. The number of benzene rings is 1. The van der Waals surface area contributed by atoms with Crippen LogP contribution in [0.2, 0.25) is 0 Å². The van der Waals surface area contributed by atoms with Crippen LogP contribution in [0.5, 0.6) is 0 Å². The smallest absolute Gasteiger partial charge is 0.317 e. The molecule has 2 N–H and O–H groups in total. The van der Waals surface area contributed by atoms with Gasteiger partial charge in [-0.15, -0.1) is 0 Å². The lowest BCUT2D eigenvalue weighted by Crippen LogP contribution is -2.40. The standard InChI is InChI=1S/C17H24FN3O2/c1-3-8-20-16(22)15-11-21(17(23)19-4-2)10-14(15)12-6-5-7-13(18)9-12/h5-7,9,14-15H,3-4,8,10-11H2,1-2H3,(H,19,23)(H,20,22)/t14-,15+/m0/s1. The number of carbonyl (C=O) groups is 2. The highest BCUT2D eigenvalue weighted by molar-refractivity contribution is 5.82. The van der Waals surface area contributed by atoms with Gasteiger partial charge >= 0.3 is 6.03 Å². The van der Waals surface area contributed by atoms with Gasteiger partial charge in [0.25, 0.3) is 0 Å². The molecule has 1 heterocycles. The predicted molar refractivity (Wildman–Crippen MR) is 86.6 cm³/mol. The van der Waals surface area contributed by atoms with Gasteiger partial charge in [0.05, 0.1) is 5.92 Å². The minimum absolute atomic E-state index is 0.0760. The first-order valence-corrected chi connectivity index (χ1v) is 8.12. The molecule has 1 aliphatic heterocycles. The topological polar surface area (TPSA) is 61.4 Å². The number of urea groups is 1. The van der Waals surface area contributed by atoms with E-state index in [4.69, 9.17) is 0 Å². The summed E-state index contributed by atoms with van der Waals surface area (Å²) in [6, 6.07) is 6.10. The molecule has 126 valence electrons. The van der Waals surface area contributed by atoms with Gasteiger partial charge in [-0.25, -0.2) is 9.18 Å². The Balaban J connectivity index is 2.20. The van der Waals surface area contributed by atoms with Gasteiger partial charge in [-0.05, 0) is 31.0 Å². The van der Waals surface area contributed by atoms with Crippen molar-refractivity contribution in [3.63, 3.8) is 0 Å². The summed E-state index contributed by atoms with van der Waals surface area (Å²) in [5.41, 5.74) is 0.758. The molecule has 1 aromatic carbocycles. The molecule has 6 heteroatoms. The molecule has 0 aromatic heterocycles. The molecule has 3 amide bonds. The Hall–Kier alpha value is -2.11. The Bertz CT molecular complexity index is 565. The van der Waals surface area contributed by atoms with E-state index in [1.54, 1.807) is 11.0 Å². The normalized spacial score (nSPS) is 20.4. The van der Waals surface area contributed by atoms with Gasteiger partial charge in [-0.3, -0.25) is 4.79 Å². The summed E-state index contributed by atoms with van der Waals surface area (Å²) in [5, 5.41) is 5.64. The van der Waals surface area contributed by atoms with Crippen molar-refractivity contribution in [1.82, 2.24) is 15.5 Å². The van der Waals surface area contributed by atoms with Crippen molar-refractivity contribution in [3.05, 3.63) is 35.6 Å². The van der Waals surface area contributed by atoms with Crippen LogP contribution in [0.25, 0.3) is 0 Å². The van der Waals surface area contributed by atoms with Crippen molar-refractivity contribution in [1.29, 1.82) is 0 Å². The fourth-order valence-corrected chi connectivity index (χ4v) is 2.95. The number of halogens is 1. The van der Waals surface area contributed by atoms with Gasteiger partial charge in [0.15, 0.2) is 0 Å². The highest BCUT2D eigenvalue weighted by atomic mass is 19.1. The number of nitrogens with one attached hydrogen (secondary N) is 2. The molecule has 1 aromatic rings. The van der Waals surface area contributed by atoms with E-state index in [9.17, 15) is 14.0 Å². The van der Waals surface area contributed by atoms with Crippen molar-refractivity contribution in [3.8, 4) is 0 Å². The molecule has 2 atom stereocenters. The van der Waals surface area contributed by atoms with Crippen molar-refractivity contribution in [2.24, 2.45) is 5.92 Å². The first-order valence-electron chi connectivity index (χ1n) is 8.12. The molecule has 5 nitrogen and oxygen atoms in total. The summed E-state index contributed by atoms with van der Waals surface area (Å²) in [4.78, 5) is 26.2. The molecule has 0 unspecified atom stereocenters. The number of hydrogen-bond acceptors (Lipinski definition) is 2. The maximum atomic E-state index is 13.5. The van der Waals surface area contributed by atoms with Crippen molar-refractivity contribution in [2.75, 3.05) is 26.2 Å². The van der Waals surface area contributed by atoms with Gasteiger partial charge in [0.2, 0.25) is 5.91 Å². The average molecular weight is 321 g/mol. The largest absolute Gasteiger partial charge is 0.356 e. The average Bonchev–Trinajstić information content (AvgIpc) is 2.98. The molecule has 0 aliphatic carbocycles. The predicted octanol–water partition coefficient (Wildman–Crippen LogP) is 2.10. The van der Waals surface area contributed by atoms with Gasteiger partial charge in [-0.1, -0.05) is 19.1 Å². The van der Waals surface area contributed by atoms with Gasteiger partial charge in [0.1, 0.15) is 5.82 Å². The third kappa shape index (κ3) is 4.21. The second-order valence-electron chi connectivity index (χ2n) is 5.80. The van der Waals surface area contributed by atoms with E-state index < -0.39 is 0 Å². The molecule has 0 radical (unpaired) electrons. The lowest BCUT2D eigenvalue weighted by molar-refractivity contribution is -0.124.